The lowest BCUT2D eigenvalue weighted by Crippen LogP contribution is -2.20. The van der Waals surface area contributed by atoms with Gasteiger partial charge in [-0.15, -0.1) is 0 Å². The maximum Gasteiger partial charge on any atom is 0.244 e. The minimum Gasteiger partial charge on any atom is -0.385 e. The molecule has 3 aromatic rings. The summed E-state index contributed by atoms with van der Waals surface area (Å²) < 4.78 is 1.77. The van der Waals surface area contributed by atoms with Gasteiger partial charge in [0.1, 0.15) is 18.5 Å². The normalized spacial score (nSPS) is 12.3. The van der Waals surface area contributed by atoms with Crippen molar-refractivity contribution in [2.75, 3.05) is 5.32 Å². The third-order valence-electron chi connectivity index (χ3n) is 4.42. The van der Waals surface area contributed by atoms with E-state index in [9.17, 15) is 9.90 Å². The predicted molar refractivity (Wildman–Crippen MR) is 104 cm³/mol. The topological polar surface area (TPSA) is 67.2 Å². The number of fused-ring (bicyclic) bond motifs is 1. The Morgan fingerprint density at radius 2 is 1.92 bits per heavy atom. The van der Waals surface area contributed by atoms with E-state index in [-0.39, 0.29) is 12.5 Å². The van der Waals surface area contributed by atoms with Crippen LogP contribution in [-0.4, -0.2) is 20.6 Å². The van der Waals surface area contributed by atoms with Crippen LogP contribution >= 0.6 is 0 Å². The first-order valence-electron chi connectivity index (χ1n) is 9.10. The first-order valence-corrected chi connectivity index (χ1v) is 9.10. The summed E-state index contributed by atoms with van der Waals surface area (Å²) in [5, 5.41) is 12.9. The molecule has 3 rings (SSSR count). The van der Waals surface area contributed by atoms with Gasteiger partial charge in [0.05, 0.1) is 11.0 Å². The summed E-state index contributed by atoms with van der Waals surface area (Å²) in [6.07, 6.45) is 2.65. The van der Waals surface area contributed by atoms with Gasteiger partial charge in [-0.05, 0) is 49.6 Å². The van der Waals surface area contributed by atoms with E-state index in [4.69, 9.17) is 0 Å². The number of nitrogens with one attached hydrogen (secondary N) is 1. The fourth-order valence-corrected chi connectivity index (χ4v) is 3.06. The molecule has 0 saturated heterocycles. The van der Waals surface area contributed by atoms with E-state index in [2.05, 4.69) is 29.4 Å². The van der Waals surface area contributed by atoms with Crippen molar-refractivity contribution in [3.8, 4) is 0 Å². The molecule has 1 aromatic heterocycles. The molecule has 0 radical (unpaired) electrons. The molecule has 1 atom stereocenters. The van der Waals surface area contributed by atoms with E-state index in [0.29, 0.717) is 5.82 Å². The largest absolute Gasteiger partial charge is 0.385 e. The number of anilines is 1. The predicted octanol–water partition coefficient (Wildman–Crippen LogP) is 4.07. The fraction of sp³-hybridized carbons (Fsp3) is 0.333. The van der Waals surface area contributed by atoms with E-state index in [0.717, 1.165) is 23.1 Å². The molecule has 1 unspecified atom stereocenters. The lowest BCUT2D eigenvalue weighted by Gasteiger charge is -2.11. The molecule has 136 valence electrons. The summed E-state index contributed by atoms with van der Waals surface area (Å²) in [6, 6.07) is 15.6. The van der Waals surface area contributed by atoms with Crippen LogP contribution < -0.4 is 5.32 Å². The molecule has 1 heterocycles. The molecule has 0 aliphatic carbocycles. The highest BCUT2D eigenvalue weighted by molar-refractivity contribution is 5.91. The monoisotopic (exact) mass is 351 g/mol. The highest BCUT2D eigenvalue weighted by Crippen LogP contribution is 2.21. The molecule has 0 saturated carbocycles. The Morgan fingerprint density at radius 3 is 2.62 bits per heavy atom. The number of aliphatic hydroxyl groups is 1. The first kappa shape index (κ1) is 18.1. The van der Waals surface area contributed by atoms with Crippen LogP contribution in [-0.2, 0) is 17.8 Å². The van der Waals surface area contributed by atoms with Gasteiger partial charge in [-0.3, -0.25) is 4.79 Å². The molecule has 5 nitrogen and oxygen atoms in total. The second kappa shape index (κ2) is 8.15. The number of rotatable bonds is 7. The molecule has 2 N–H and O–H groups in total. The molecule has 2 aromatic carbocycles. The van der Waals surface area contributed by atoms with Crippen LogP contribution in [0.3, 0.4) is 0 Å². The number of amides is 1. The van der Waals surface area contributed by atoms with E-state index >= 15 is 0 Å². The van der Waals surface area contributed by atoms with Gasteiger partial charge in [-0.1, -0.05) is 37.6 Å². The maximum absolute atomic E-state index is 12.5. The Bertz CT molecular complexity index is 882. The second-order valence-electron chi connectivity index (χ2n) is 6.57. The summed E-state index contributed by atoms with van der Waals surface area (Å²) >= 11 is 0. The van der Waals surface area contributed by atoms with Crippen molar-refractivity contribution in [1.82, 2.24) is 9.55 Å². The minimum absolute atomic E-state index is 0.109. The van der Waals surface area contributed by atoms with Gasteiger partial charge < -0.3 is 15.0 Å². The van der Waals surface area contributed by atoms with Gasteiger partial charge in [0.2, 0.25) is 5.91 Å². The van der Waals surface area contributed by atoms with Crippen molar-refractivity contribution in [3.63, 3.8) is 0 Å². The van der Waals surface area contributed by atoms with E-state index in [1.165, 1.54) is 18.4 Å². The van der Waals surface area contributed by atoms with Crippen molar-refractivity contribution < 1.29 is 9.90 Å². The van der Waals surface area contributed by atoms with Crippen LogP contribution in [0.15, 0.2) is 48.5 Å². The smallest absolute Gasteiger partial charge is 0.244 e. The second-order valence-corrected chi connectivity index (χ2v) is 6.57. The highest BCUT2D eigenvalue weighted by atomic mass is 16.3. The number of carbonyl (C=O) groups is 1. The quantitative estimate of drug-likeness (QED) is 0.674. The molecule has 0 spiro atoms. The molecule has 5 heteroatoms. The SMILES string of the molecule is CCCCc1ccc(NC(=O)Cn2c(C(C)O)nc3ccccc32)cc1. The van der Waals surface area contributed by atoms with Crippen molar-refractivity contribution in [1.29, 1.82) is 0 Å². The van der Waals surface area contributed by atoms with Crippen molar-refractivity contribution in [2.45, 2.75) is 45.8 Å². The highest BCUT2D eigenvalue weighted by Gasteiger charge is 2.16. The molecular weight excluding hydrogens is 326 g/mol. The Kier molecular flexibility index (Phi) is 5.68. The number of hydrogen-bond acceptors (Lipinski definition) is 3. The van der Waals surface area contributed by atoms with Crippen LogP contribution in [0.1, 0.15) is 44.2 Å². The Balaban J connectivity index is 1.74. The number of unbranched alkanes of at least 4 members (excludes halogenated alkanes) is 1. The Morgan fingerprint density at radius 1 is 1.19 bits per heavy atom. The van der Waals surface area contributed by atoms with Crippen molar-refractivity contribution >= 4 is 22.6 Å². The van der Waals surface area contributed by atoms with Crippen LogP contribution in [0.25, 0.3) is 11.0 Å². The number of nitrogens with zero attached hydrogens (tertiary/aromatic N) is 2. The summed E-state index contributed by atoms with van der Waals surface area (Å²) in [7, 11) is 0. The molecule has 0 aliphatic heterocycles. The van der Waals surface area contributed by atoms with Gasteiger partial charge in [0.15, 0.2) is 0 Å². The Hall–Kier alpha value is -2.66. The molecule has 26 heavy (non-hydrogen) atoms. The molecule has 1 amide bonds. The lowest BCUT2D eigenvalue weighted by molar-refractivity contribution is -0.116. The zero-order valence-corrected chi connectivity index (χ0v) is 15.3. The number of carbonyl (C=O) groups excluding carboxylic acids is 1. The molecule has 0 bridgehead atoms. The molecular formula is C21H25N3O2. The number of hydrogen-bond donors (Lipinski definition) is 2. The first-order chi connectivity index (χ1) is 12.6. The fourth-order valence-electron chi connectivity index (χ4n) is 3.06. The summed E-state index contributed by atoms with van der Waals surface area (Å²) in [6.45, 7) is 3.94. The van der Waals surface area contributed by atoms with Crippen LogP contribution in [0.4, 0.5) is 5.69 Å². The maximum atomic E-state index is 12.5. The third-order valence-corrected chi connectivity index (χ3v) is 4.42. The summed E-state index contributed by atoms with van der Waals surface area (Å²) in [4.78, 5) is 17.0. The van der Waals surface area contributed by atoms with Gasteiger partial charge in [0, 0.05) is 5.69 Å². The lowest BCUT2D eigenvalue weighted by atomic mass is 10.1. The summed E-state index contributed by atoms with van der Waals surface area (Å²) in [5.41, 5.74) is 3.67. The zero-order valence-electron chi connectivity index (χ0n) is 15.3. The number of aryl methyl sites for hydroxylation is 1. The number of benzene rings is 2. The van der Waals surface area contributed by atoms with Gasteiger partial charge in [-0.25, -0.2) is 4.98 Å². The number of para-hydroxylation sites is 2. The van der Waals surface area contributed by atoms with Gasteiger partial charge in [-0.2, -0.15) is 0 Å². The molecule has 0 aliphatic rings. The number of aromatic nitrogens is 2. The van der Waals surface area contributed by atoms with Crippen molar-refractivity contribution in [3.05, 3.63) is 59.9 Å². The average Bonchev–Trinajstić information content (AvgIpc) is 3.00. The van der Waals surface area contributed by atoms with Crippen LogP contribution in [0, 0.1) is 0 Å². The number of aliphatic hydroxyl groups excluding tert-OH is 1. The minimum atomic E-state index is -0.743. The van der Waals surface area contributed by atoms with Crippen molar-refractivity contribution in [2.24, 2.45) is 0 Å². The Labute approximate surface area is 153 Å². The van der Waals surface area contributed by atoms with Crippen LogP contribution in [0.2, 0.25) is 0 Å². The van der Waals surface area contributed by atoms with E-state index in [1.807, 2.05) is 36.4 Å². The number of imidazole rings is 1. The third kappa shape index (κ3) is 4.11. The van der Waals surface area contributed by atoms with Gasteiger partial charge in [0.25, 0.3) is 0 Å². The van der Waals surface area contributed by atoms with E-state index < -0.39 is 6.10 Å². The van der Waals surface area contributed by atoms with E-state index in [1.54, 1.807) is 11.5 Å². The van der Waals surface area contributed by atoms with Crippen LogP contribution in [0.5, 0.6) is 0 Å². The average molecular weight is 351 g/mol. The summed E-state index contributed by atoms with van der Waals surface area (Å²) in [5.74, 6) is 0.354. The standard InChI is InChI=1S/C21H25N3O2/c1-3-4-7-16-10-12-17(13-11-16)22-20(26)14-24-19-9-6-5-8-18(19)23-21(24)15(2)25/h5-6,8-13,15,25H,3-4,7,14H2,1-2H3,(H,22,26). The zero-order chi connectivity index (χ0) is 18.5. The van der Waals surface area contributed by atoms with Gasteiger partial charge >= 0.3 is 0 Å². The molecule has 0 fully saturated rings.